The molecule has 0 N–H and O–H groups in total. The van der Waals surface area contributed by atoms with E-state index in [0.717, 1.165) is 107 Å². The van der Waals surface area contributed by atoms with Gasteiger partial charge in [0, 0.05) is 112 Å². The van der Waals surface area contributed by atoms with Crippen molar-refractivity contribution >= 4 is 68.0 Å². The highest BCUT2D eigenvalue weighted by Gasteiger charge is 2.38. The third kappa shape index (κ3) is 45.6. The van der Waals surface area contributed by atoms with Crippen LogP contribution in [-0.2, 0) is 102 Å². The molecule has 482 valence electrons. The molecule has 0 spiro atoms. The third-order valence-electron chi connectivity index (χ3n) is 12.8. The number of ether oxygens (including phenoxy) is 7. The van der Waals surface area contributed by atoms with Gasteiger partial charge in [-0.3, -0.25) is 14.4 Å². The van der Waals surface area contributed by atoms with Crippen LogP contribution in [-0.4, -0.2) is 170 Å². The lowest BCUT2D eigenvalue weighted by atomic mass is 9.88. The first-order valence-corrected chi connectivity index (χ1v) is 35.4. The Morgan fingerprint density at radius 1 is 0.361 bits per heavy atom. The topological polar surface area (TPSA) is 258 Å². The van der Waals surface area contributed by atoms with Crippen molar-refractivity contribution in [3.05, 3.63) is 50.6 Å². The summed E-state index contributed by atoms with van der Waals surface area (Å²) in [5.41, 5.74) is -0.846. The van der Waals surface area contributed by atoms with E-state index in [9.17, 15) is 33.6 Å². The van der Waals surface area contributed by atoms with Gasteiger partial charge in [0.1, 0.15) is 19.8 Å². The molecule has 0 aromatic carbocycles. The minimum absolute atomic E-state index is 0.0409. The Balaban J connectivity index is -0.00000117. The van der Waals surface area contributed by atoms with Crippen LogP contribution in [0.4, 0.5) is 0 Å². The first kappa shape index (κ1) is 82.8. The fourth-order valence-corrected chi connectivity index (χ4v) is 13.7. The first-order chi connectivity index (χ1) is 39.8. The molecule has 0 aliphatic rings. The van der Waals surface area contributed by atoms with Crippen LogP contribution in [0.15, 0.2) is 50.6 Å². The van der Waals surface area contributed by atoms with E-state index in [-0.39, 0.29) is 44.1 Å². The highest BCUT2D eigenvalue weighted by Crippen LogP contribution is 2.26. The summed E-state index contributed by atoms with van der Waals surface area (Å²) >= 11 is 0. The predicted octanol–water partition coefficient (Wildman–Crippen LogP) is 10.2. The van der Waals surface area contributed by atoms with E-state index < -0.39 is 55.5 Å². The normalized spacial score (nSPS) is 11.3. The second-order valence-electron chi connectivity index (χ2n) is 19.1. The standard InChI is InChI=1S/C22H38O9Si.C19H36O6Si.C17H32O7Si/c1-7-19(23)29-16-22(9-3,17-30-20(24)8-2)18-31-21(25)14-12-10-11-13-15-32(26-4,27-5)28-6;1-5-18(20)22-15-11-12-16-23-19(21)14-10-8-9-13-17-26(4,24-6-2)25-7-3;1-5-16(18)23-13-9-10-14-24-17(19)12-8-6-7-11-15-25(20-2,21-3)22-4/h7-8H,1-2,9-18H2,3-6H3;5H,1,6-17H2,2-4H3;5H,1,6-15H2,2-4H3. The minimum atomic E-state index is -2.55. The van der Waals surface area contributed by atoms with Gasteiger partial charge in [0.2, 0.25) is 0 Å². The van der Waals surface area contributed by atoms with E-state index in [1.807, 2.05) is 20.8 Å². The fraction of sp³-hybridized carbons (Fsp3) is 0.741. The quantitative estimate of drug-likeness (QED) is 0.0180. The zero-order valence-corrected chi connectivity index (χ0v) is 55.2. The van der Waals surface area contributed by atoms with Crippen LogP contribution >= 0.6 is 0 Å². The van der Waals surface area contributed by atoms with Gasteiger partial charge in [-0.05, 0) is 90.6 Å². The molecule has 0 rings (SSSR count). The molecule has 22 nitrogen and oxygen atoms in total. The number of unbranched alkanes of at least 4 members (excludes halogenated alkanes) is 11. The van der Waals surface area contributed by atoms with Gasteiger partial charge in [0.15, 0.2) is 0 Å². The van der Waals surface area contributed by atoms with Crippen molar-refractivity contribution in [1.29, 1.82) is 0 Å². The minimum Gasteiger partial charge on any atom is -0.466 e. The lowest BCUT2D eigenvalue weighted by Crippen LogP contribution is -2.42. The van der Waals surface area contributed by atoms with E-state index in [4.69, 9.17) is 68.6 Å². The molecular weight excluding hydrogens is 1130 g/mol. The summed E-state index contributed by atoms with van der Waals surface area (Å²) in [5.74, 6) is -2.76. The van der Waals surface area contributed by atoms with Gasteiger partial charge < -0.3 is 68.6 Å². The van der Waals surface area contributed by atoms with Gasteiger partial charge in [-0.1, -0.05) is 78.2 Å². The number of rotatable bonds is 52. The van der Waals surface area contributed by atoms with Gasteiger partial charge in [0.25, 0.3) is 0 Å². The van der Waals surface area contributed by atoms with Gasteiger partial charge in [-0.25, -0.2) is 19.2 Å². The van der Waals surface area contributed by atoms with E-state index in [0.29, 0.717) is 97.1 Å². The van der Waals surface area contributed by atoms with Crippen LogP contribution in [0.5, 0.6) is 0 Å². The first-order valence-electron chi connectivity index (χ1n) is 29.0. The maximum atomic E-state index is 12.2. The molecule has 0 unspecified atom stereocenters. The molecule has 0 aromatic heterocycles. The lowest BCUT2D eigenvalue weighted by molar-refractivity contribution is -0.159. The van der Waals surface area contributed by atoms with Crippen molar-refractivity contribution in [1.82, 2.24) is 0 Å². The smallest absolute Gasteiger partial charge is 0.466 e. The Kier molecular flexibility index (Phi) is 54.1. The number of hydrogen-bond donors (Lipinski definition) is 0. The molecule has 25 heteroatoms. The zero-order chi connectivity index (χ0) is 63.1. The van der Waals surface area contributed by atoms with E-state index in [1.54, 1.807) is 42.7 Å². The molecule has 0 amide bonds. The summed E-state index contributed by atoms with van der Waals surface area (Å²) in [5, 5.41) is 0. The predicted molar refractivity (Wildman–Crippen MR) is 321 cm³/mol. The summed E-state index contributed by atoms with van der Waals surface area (Å²) < 4.78 is 79.5. The second-order valence-corrected chi connectivity index (χ2v) is 28.6. The van der Waals surface area contributed by atoms with Crippen LogP contribution in [0, 0.1) is 5.41 Å². The van der Waals surface area contributed by atoms with Gasteiger partial charge in [0.05, 0.1) is 31.8 Å². The maximum absolute atomic E-state index is 12.2. The zero-order valence-electron chi connectivity index (χ0n) is 52.2. The van der Waals surface area contributed by atoms with Crippen molar-refractivity contribution in [3.8, 4) is 0 Å². The van der Waals surface area contributed by atoms with E-state index >= 15 is 0 Å². The molecule has 0 aliphatic carbocycles. The van der Waals surface area contributed by atoms with Crippen molar-refractivity contribution in [2.45, 2.75) is 174 Å². The Bertz CT molecular complexity index is 1730. The summed E-state index contributed by atoms with van der Waals surface area (Å²) in [6.07, 6.45) is 19.7. The van der Waals surface area contributed by atoms with Crippen molar-refractivity contribution in [2.75, 3.05) is 102 Å². The lowest BCUT2D eigenvalue weighted by Gasteiger charge is -2.30. The monoisotopic (exact) mass is 1240 g/mol. The van der Waals surface area contributed by atoms with E-state index in [2.05, 4.69) is 32.9 Å². The summed E-state index contributed by atoms with van der Waals surface area (Å²) in [6.45, 7) is 23.9. The van der Waals surface area contributed by atoms with Gasteiger partial charge in [-0.15, -0.1) is 0 Å². The van der Waals surface area contributed by atoms with Gasteiger partial charge >= 0.3 is 68.0 Å². The molecule has 0 saturated heterocycles. The molecule has 0 aliphatic heterocycles. The van der Waals surface area contributed by atoms with Crippen LogP contribution < -0.4 is 0 Å². The molecule has 83 heavy (non-hydrogen) atoms. The van der Waals surface area contributed by atoms with Crippen LogP contribution in [0.3, 0.4) is 0 Å². The Labute approximate surface area is 500 Å². The molecular formula is C58H106O22Si3. The highest BCUT2D eigenvalue weighted by molar-refractivity contribution is 6.66. The highest BCUT2D eigenvalue weighted by atomic mass is 28.4. The molecule has 0 fully saturated rings. The van der Waals surface area contributed by atoms with Crippen molar-refractivity contribution < 1.29 is 102 Å². The molecule has 0 saturated carbocycles. The molecule has 0 atom stereocenters. The fourth-order valence-electron chi connectivity index (χ4n) is 7.60. The number of hydrogen-bond acceptors (Lipinski definition) is 22. The Morgan fingerprint density at radius 3 is 0.940 bits per heavy atom. The van der Waals surface area contributed by atoms with Crippen LogP contribution in [0.2, 0.25) is 24.7 Å². The SMILES string of the molecule is C=CC(=O)OCC(CC)(COC(=O)C=C)COC(=O)CCCCCC[Si](OC)(OC)OC.C=CC(=O)OCCCCOC(=O)CCCCCC[Si](C)(OCC)OCC.C=CC(=O)OCCCCOC(=O)CCCCCC[Si](OC)(OC)OC. The number of carbonyl (C=O) groups is 7. The average molecular weight is 1240 g/mol. The second kappa shape index (κ2) is 54.2. The maximum Gasteiger partial charge on any atom is 0.500 e. The van der Waals surface area contributed by atoms with Crippen LogP contribution in [0.1, 0.15) is 149 Å². The van der Waals surface area contributed by atoms with Crippen LogP contribution in [0.25, 0.3) is 0 Å². The third-order valence-corrected chi connectivity index (χ3v) is 21.6. The molecule has 0 heterocycles. The molecule has 0 aromatic rings. The summed E-state index contributed by atoms with van der Waals surface area (Å²) in [6, 6.07) is 2.49. The molecule has 0 bridgehead atoms. The Hall–Kier alpha value is -4.42. The average Bonchev–Trinajstić information content (AvgIpc) is 3.52. The summed E-state index contributed by atoms with van der Waals surface area (Å²) in [7, 11) is 2.57. The van der Waals surface area contributed by atoms with E-state index in [1.165, 1.54) is 0 Å². The summed E-state index contributed by atoms with van der Waals surface area (Å²) in [4.78, 5) is 80.0. The van der Waals surface area contributed by atoms with Gasteiger partial charge in [-0.2, -0.15) is 0 Å². The largest absolute Gasteiger partial charge is 0.500 e. The number of esters is 7. The van der Waals surface area contributed by atoms with Crippen molar-refractivity contribution in [2.24, 2.45) is 5.41 Å². The Morgan fingerprint density at radius 2 is 0.639 bits per heavy atom. The van der Waals surface area contributed by atoms with Crippen molar-refractivity contribution in [3.63, 3.8) is 0 Å². The molecule has 0 radical (unpaired) electrons. The number of carbonyl (C=O) groups excluding carboxylic acids is 7.